The van der Waals surface area contributed by atoms with Gasteiger partial charge in [-0.05, 0) is 83.7 Å². The van der Waals surface area contributed by atoms with Crippen LogP contribution in [0.25, 0.3) is 82.3 Å². The summed E-state index contributed by atoms with van der Waals surface area (Å²) in [4.78, 5) is 12.4. The van der Waals surface area contributed by atoms with E-state index >= 15 is 0 Å². The van der Waals surface area contributed by atoms with Crippen LogP contribution in [0.1, 0.15) is 69.4 Å². The first-order valence-electron chi connectivity index (χ1n) is 20.7. The average molecular weight is 996 g/mol. The fourth-order valence-electron chi connectivity index (χ4n) is 8.39. The summed E-state index contributed by atoms with van der Waals surface area (Å²) in [6, 6.07) is 51.0. The number of phenols is 1. The Kier molecular flexibility index (Phi) is 11.1. The number of imidazole rings is 1. The first kappa shape index (κ1) is 42.1. The summed E-state index contributed by atoms with van der Waals surface area (Å²) in [6.07, 6.45) is 0. The topological polar surface area (TPSA) is 50.9 Å². The minimum atomic E-state index is -0.132. The molecule has 308 valence electrons. The van der Waals surface area contributed by atoms with Crippen molar-refractivity contribution in [3.63, 3.8) is 0 Å². The molecule has 0 unspecified atom stereocenters. The Labute approximate surface area is 378 Å². The molecule has 0 bridgehead atoms. The van der Waals surface area contributed by atoms with Crippen molar-refractivity contribution in [2.24, 2.45) is 0 Å². The van der Waals surface area contributed by atoms with Crippen molar-refractivity contribution in [1.29, 1.82) is 0 Å². The van der Waals surface area contributed by atoms with Crippen LogP contribution in [0.2, 0.25) is 0 Å². The van der Waals surface area contributed by atoms with Crippen LogP contribution in [-0.4, -0.2) is 19.6 Å². The summed E-state index contributed by atoms with van der Waals surface area (Å²) in [7, 11) is 0. The normalized spacial score (nSPS) is 12.0. The summed E-state index contributed by atoms with van der Waals surface area (Å²) >= 11 is 1.77. The van der Waals surface area contributed by atoms with Gasteiger partial charge in [0.2, 0.25) is 0 Å². The number of phenolic OH excluding ortho intramolecular Hbond substituents is 1. The van der Waals surface area contributed by atoms with Crippen LogP contribution < -0.4 is 0 Å². The first-order chi connectivity index (χ1) is 28.7. The molecule has 6 heteroatoms. The fourth-order valence-corrected chi connectivity index (χ4v) is 9.64. The van der Waals surface area contributed by atoms with Crippen LogP contribution in [0.3, 0.4) is 0 Å². The van der Waals surface area contributed by atoms with Gasteiger partial charge in [-0.1, -0.05) is 139 Å². The van der Waals surface area contributed by atoms with Gasteiger partial charge in [0.15, 0.2) is 0 Å². The van der Waals surface area contributed by atoms with E-state index in [2.05, 4.69) is 193 Å². The molecule has 0 spiro atoms. The molecule has 9 rings (SSSR count). The Hall–Kier alpha value is -5.61. The van der Waals surface area contributed by atoms with E-state index in [9.17, 15) is 5.11 Å². The first-order valence-corrected chi connectivity index (χ1v) is 21.5. The second kappa shape index (κ2) is 16.0. The maximum Gasteiger partial charge on any atom is 0.127 e. The van der Waals surface area contributed by atoms with Crippen LogP contribution in [0.4, 0.5) is 0 Å². The van der Waals surface area contributed by atoms with E-state index in [0.29, 0.717) is 0 Å². The van der Waals surface area contributed by atoms with E-state index in [1.165, 1.54) is 16.0 Å². The number of benzene rings is 6. The zero-order chi connectivity index (χ0) is 42.1. The number of aromatic nitrogens is 3. The van der Waals surface area contributed by atoms with E-state index in [1.807, 2.05) is 13.0 Å². The predicted octanol–water partition coefficient (Wildman–Crippen LogP) is 15.0. The molecule has 0 radical (unpaired) electrons. The molecule has 0 fully saturated rings. The van der Waals surface area contributed by atoms with Crippen LogP contribution in [0.5, 0.6) is 5.75 Å². The second-order valence-electron chi connectivity index (χ2n) is 18.2. The van der Waals surface area contributed by atoms with Crippen molar-refractivity contribution in [3.8, 4) is 66.9 Å². The summed E-state index contributed by atoms with van der Waals surface area (Å²) in [5, 5.41) is 12.8. The molecule has 0 saturated carbocycles. The third-order valence-corrected chi connectivity index (χ3v) is 12.9. The van der Waals surface area contributed by atoms with E-state index in [-0.39, 0.29) is 37.6 Å². The Balaban J connectivity index is 0.00000514. The molecule has 1 N–H and O–H groups in total. The van der Waals surface area contributed by atoms with Crippen LogP contribution in [-0.2, 0) is 31.9 Å². The summed E-state index contributed by atoms with van der Waals surface area (Å²) < 4.78 is 3.43. The third-order valence-electron chi connectivity index (χ3n) is 11.6. The predicted molar refractivity (Wildman–Crippen MR) is 254 cm³/mol. The van der Waals surface area contributed by atoms with Gasteiger partial charge in [-0.25, -0.2) is 4.98 Å². The molecule has 6 aromatic carbocycles. The maximum absolute atomic E-state index is 11.7. The van der Waals surface area contributed by atoms with Gasteiger partial charge in [-0.3, -0.25) is 4.98 Å². The number of aryl methyl sites for hydroxylation is 3. The second-order valence-corrected chi connectivity index (χ2v) is 19.2. The molecule has 0 aliphatic carbocycles. The van der Waals surface area contributed by atoms with Gasteiger partial charge < -0.3 is 9.67 Å². The van der Waals surface area contributed by atoms with Gasteiger partial charge in [-0.2, -0.15) is 0 Å². The van der Waals surface area contributed by atoms with E-state index in [4.69, 9.17) is 9.97 Å². The standard InChI is InChI=1S/C55H50N3OS.Pt/c1-33-27-34(2)51(59)43(28-33)50-48-35(3)52(37-21-14-11-15-22-37)60-47(48)32-44(56-50)42-24-18-26-46-49(42)57-53(38-29-39(54(4,5)6)31-40(30-38)55(7,8)9)58(46)45-25-17-16-23-41(45)36-19-12-10-13-20-36;/h10-29,31-32,59H,1-9H3;/q-1;. The zero-order valence-electron chi connectivity index (χ0n) is 36.2. The molecule has 9 aromatic rings. The van der Waals surface area contributed by atoms with Crippen molar-refractivity contribution in [2.75, 3.05) is 0 Å². The van der Waals surface area contributed by atoms with Crippen molar-refractivity contribution in [1.82, 2.24) is 14.5 Å². The minimum Gasteiger partial charge on any atom is -0.507 e. The van der Waals surface area contributed by atoms with Gasteiger partial charge in [0.05, 0.1) is 28.2 Å². The van der Waals surface area contributed by atoms with Gasteiger partial charge in [0.1, 0.15) is 5.75 Å². The SMILES string of the molecule is Cc1cc(C)c(O)c(-c2nc(-c3cccc4c3nc(-c3[c-]c(C(C)(C)C)cc(C(C)(C)C)c3)n4-c3ccccc3-c3ccccc3)cc3sc(-c4ccccc4)c(C)c23)c1.[Pt]. The third kappa shape index (κ3) is 7.68. The van der Waals surface area contributed by atoms with Crippen molar-refractivity contribution < 1.29 is 26.2 Å². The molecule has 0 atom stereocenters. The van der Waals surface area contributed by atoms with Gasteiger partial charge in [0, 0.05) is 58.4 Å². The molecule has 3 aromatic heterocycles. The largest absolute Gasteiger partial charge is 0.507 e. The molecular formula is C55H50N3OPtS-. The minimum absolute atomic E-state index is 0. The van der Waals surface area contributed by atoms with Gasteiger partial charge >= 0.3 is 0 Å². The summed E-state index contributed by atoms with van der Waals surface area (Å²) in [6.45, 7) is 19.8. The van der Waals surface area contributed by atoms with Crippen molar-refractivity contribution in [2.45, 2.75) is 73.1 Å². The smallest absolute Gasteiger partial charge is 0.127 e. The number of hydrogen-bond acceptors (Lipinski definition) is 4. The maximum atomic E-state index is 11.7. The zero-order valence-corrected chi connectivity index (χ0v) is 39.3. The number of thiophene rings is 1. The number of rotatable bonds is 6. The Bertz CT molecular complexity index is 3060. The summed E-state index contributed by atoms with van der Waals surface area (Å²) in [5.41, 5.74) is 15.7. The fraction of sp³-hybridized carbons (Fsp3) is 0.200. The molecular weight excluding hydrogens is 946 g/mol. The van der Waals surface area contributed by atoms with Gasteiger partial charge in [0.25, 0.3) is 0 Å². The molecule has 61 heavy (non-hydrogen) atoms. The molecule has 4 nitrogen and oxygen atoms in total. The summed E-state index contributed by atoms with van der Waals surface area (Å²) in [5.74, 6) is 1.08. The number of nitrogens with zero attached hydrogens (tertiary/aromatic N) is 3. The number of pyridine rings is 1. The quantitative estimate of drug-likeness (QED) is 0.169. The number of hydrogen-bond donors (Lipinski definition) is 1. The van der Waals surface area contributed by atoms with Crippen LogP contribution in [0, 0.1) is 26.8 Å². The van der Waals surface area contributed by atoms with E-state index in [1.54, 1.807) is 11.3 Å². The van der Waals surface area contributed by atoms with Crippen LogP contribution >= 0.6 is 11.3 Å². The Morgan fingerprint density at radius 2 is 1.30 bits per heavy atom. The molecule has 3 heterocycles. The molecule has 0 aliphatic rings. The monoisotopic (exact) mass is 995 g/mol. The Morgan fingerprint density at radius 3 is 1.98 bits per heavy atom. The van der Waals surface area contributed by atoms with Crippen molar-refractivity contribution in [3.05, 3.63) is 167 Å². The van der Waals surface area contributed by atoms with E-state index in [0.717, 1.165) is 94.1 Å². The van der Waals surface area contributed by atoms with Crippen molar-refractivity contribution >= 4 is 32.5 Å². The van der Waals surface area contributed by atoms with Gasteiger partial charge in [-0.15, -0.1) is 46.2 Å². The number of fused-ring (bicyclic) bond motifs is 2. The Morgan fingerprint density at radius 1 is 0.639 bits per heavy atom. The number of para-hydroxylation sites is 2. The molecule has 0 saturated heterocycles. The molecule has 0 amide bonds. The van der Waals surface area contributed by atoms with Crippen LogP contribution in [0.15, 0.2) is 133 Å². The average Bonchev–Trinajstić information content (AvgIpc) is 3.79. The number of aromatic hydroxyl groups is 1. The van der Waals surface area contributed by atoms with E-state index < -0.39 is 0 Å². The molecule has 0 aliphatic heterocycles.